The number of hydrogen-bond acceptors (Lipinski definition) is 6. The minimum absolute atomic E-state index is 0.0807. The van der Waals surface area contributed by atoms with Crippen LogP contribution in [-0.4, -0.2) is 89.0 Å². The molecule has 0 aromatic carbocycles. The third-order valence-electron chi connectivity index (χ3n) is 10.5. The standard InChI is InChI=1S/C33H54N6O6/c1-31(2,3)21(17-38-14-10-9-11-22(38)40)36-30(45)37-26(32(4,5)6)29(44)39-16-19-23(33(19,7)8)24(39)28(43)35-20(15-18-12-13-18)25(41)27(34)42/h18-21,23-24,26H,9-17H2,1-8H3,(H2,34,42)(H,35,43)(H2,36,37,45)/t19-,20?,21?,23-,24-,26+/m0/s1. The first kappa shape index (κ1) is 34.7. The smallest absolute Gasteiger partial charge is 0.315 e. The molecule has 45 heavy (non-hydrogen) atoms. The van der Waals surface area contributed by atoms with Crippen molar-refractivity contribution in [1.82, 2.24) is 25.8 Å². The predicted octanol–water partition coefficient (Wildman–Crippen LogP) is 1.95. The number of primary amides is 1. The first-order valence-corrected chi connectivity index (χ1v) is 16.5. The molecule has 4 aliphatic rings. The third kappa shape index (κ3) is 7.80. The Hall–Kier alpha value is -3.18. The summed E-state index contributed by atoms with van der Waals surface area (Å²) in [6.07, 6.45) is 4.50. The van der Waals surface area contributed by atoms with Gasteiger partial charge in [0.2, 0.25) is 23.5 Å². The fraction of sp³-hybridized carbons (Fsp3) is 0.818. The average Bonchev–Trinajstić information content (AvgIpc) is 3.77. The number of nitrogens with two attached hydrogens (primary N) is 1. The number of carbonyl (C=O) groups is 6. The van der Waals surface area contributed by atoms with Crippen LogP contribution < -0.4 is 21.7 Å². The lowest BCUT2D eigenvalue weighted by Crippen LogP contribution is -2.63. The molecule has 2 saturated carbocycles. The second-order valence-corrected chi connectivity index (χ2v) is 16.5. The Labute approximate surface area is 267 Å². The van der Waals surface area contributed by atoms with Gasteiger partial charge in [0.25, 0.3) is 5.91 Å². The molecule has 252 valence electrons. The molecule has 2 aliphatic carbocycles. The zero-order valence-corrected chi connectivity index (χ0v) is 28.3. The van der Waals surface area contributed by atoms with Crippen LogP contribution in [0.2, 0.25) is 0 Å². The number of urea groups is 1. The zero-order chi connectivity index (χ0) is 33.6. The summed E-state index contributed by atoms with van der Waals surface area (Å²) in [7, 11) is 0. The van der Waals surface area contributed by atoms with Gasteiger partial charge in [-0.15, -0.1) is 0 Å². The molecule has 0 radical (unpaired) electrons. The maximum Gasteiger partial charge on any atom is 0.315 e. The van der Waals surface area contributed by atoms with E-state index in [0.29, 0.717) is 32.5 Å². The number of rotatable bonds is 11. The van der Waals surface area contributed by atoms with Crippen molar-refractivity contribution in [1.29, 1.82) is 0 Å². The number of likely N-dealkylation sites (tertiary alicyclic amines) is 2. The van der Waals surface area contributed by atoms with E-state index in [1.54, 1.807) is 9.80 Å². The molecule has 6 atom stereocenters. The molecular weight excluding hydrogens is 576 g/mol. The number of amides is 6. The van der Waals surface area contributed by atoms with Gasteiger partial charge in [0.1, 0.15) is 12.1 Å². The van der Waals surface area contributed by atoms with Crippen LogP contribution in [0.5, 0.6) is 0 Å². The van der Waals surface area contributed by atoms with Crippen LogP contribution in [0.25, 0.3) is 0 Å². The quantitative estimate of drug-likeness (QED) is 0.254. The summed E-state index contributed by atoms with van der Waals surface area (Å²) in [4.78, 5) is 81.9. The molecule has 2 heterocycles. The lowest BCUT2D eigenvalue weighted by atomic mass is 9.84. The molecule has 6 amide bonds. The fourth-order valence-corrected chi connectivity index (χ4v) is 7.12. The van der Waals surface area contributed by atoms with Crippen LogP contribution in [0.15, 0.2) is 0 Å². The zero-order valence-electron chi connectivity index (χ0n) is 28.3. The normalized spacial score (nSPS) is 26.3. The Kier molecular flexibility index (Phi) is 9.67. The molecule has 4 fully saturated rings. The summed E-state index contributed by atoms with van der Waals surface area (Å²) in [6, 6.07) is -3.71. The highest BCUT2D eigenvalue weighted by Gasteiger charge is 2.70. The number of hydrogen-bond donors (Lipinski definition) is 4. The van der Waals surface area contributed by atoms with Crippen molar-refractivity contribution < 1.29 is 28.8 Å². The molecule has 2 aliphatic heterocycles. The number of carbonyl (C=O) groups excluding carboxylic acids is 6. The maximum absolute atomic E-state index is 14.3. The van der Waals surface area contributed by atoms with Crippen molar-refractivity contribution in [2.75, 3.05) is 19.6 Å². The van der Waals surface area contributed by atoms with Crippen molar-refractivity contribution in [2.45, 2.75) is 118 Å². The van der Waals surface area contributed by atoms with E-state index >= 15 is 0 Å². The second-order valence-electron chi connectivity index (χ2n) is 16.5. The summed E-state index contributed by atoms with van der Waals surface area (Å²) in [5, 5.41) is 8.73. The van der Waals surface area contributed by atoms with E-state index in [1.807, 2.05) is 41.5 Å². The molecular formula is C33H54N6O6. The second kappa shape index (κ2) is 12.5. The van der Waals surface area contributed by atoms with E-state index in [0.717, 1.165) is 25.7 Å². The van der Waals surface area contributed by atoms with E-state index in [-0.39, 0.29) is 46.4 Å². The van der Waals surface area contributed by atoms with Crippen LogP contribution in [0.3, 0.4) is 0 Å². The minimum atomic E-state index is -1.09. The van der Waals surface area contributed by atoms with Crippen molar-refractivity contribution in [3.63, 3.8) is 0 Å². The van der Waals surface area contributed by atoms with E-state index in [9.17, 15) is 28.8 Å². The van der Waals surface area contributed by atoms with Gasteiger partial charge in [-0.1, -0.05) is 68.2 Å². The predicted molar refractivity (Wildman–Crippen MR) is 168 cm³/mol. The van der Waals surface area contributed by atoms with Gasteiger partial charge in [-0.2, -0.15) is 0 Å². The number of ketones is 1. The van der Waals surface area contributed by atoms with Gasteiger partial charge in [-0.3, -0.25) is 24.0 Å². The number of fused-ring (bicyclic) bond motifs is 1. The molecule has 12 heteroatoms. The number of Topliss-reactive ketones (excluding diaryl/α,β-unsaturated/α-hetero) is 1. The largest absolute Gasteiger partial charge is 0.363 e. The van der Waals surface area contributed by atoms with Crippen LogP contribution in [-0.2, 0) is 24.0 Å². The Morgan fingerprint density at radius 1 is 0.956 bits per heavy atom. The number of nitrogens with zero attached hydrogens (tertiary/aromatic N) is 2. The topological polar surface area (TPSA) is 171 Å². The highest BCUT2D eigenvalue weighted by molar-refractivity contribution is 6.37. The molecule has 2 saturated heterocycles. The van der Waals surface area contributed by atoms with Crippen LogP contribution in [0.1, 0.15) is 93.9 Å². The highest BCUT2D eigenvalue weighted by atomic mass is 16.2. The molecule has 0 spiro atoms. The van der Waals surface area contributed by atoms with Crippen molar-refractivity contribution in [2.24, 2.45) is 39.7 Å². The van der Waals surface area contributed by atoms with Gasteiger partial charge in [0.15, 0.2) is 0 Å². The molecule has 5 N–H and O–H groups in total. The number of nitrogens with one attached hydrogen (secondary N) is 3. The first-order chi connectivity index (χ1) is 20.7. The van der Waals surface area contributed by atoms with Gasteiger partial charge in [-0.25, -0.2) is 4.79 Å². The summed E-state index contributed by atoms with van der Waals surface area (Å²) < 4.78 is 0. The van der Waals surface area contributed by atoms with Crippen LogP contribution in [0.4, 0.5) is 4.79 Å². The Bertz CT molecular complexity index is 1210. The van der Waals surface area contributed by atoms with Gasteiger partial charge in [-0.05, 0) is 53.3 Å². The summed E-state index contributed by atoms with van der Waals surface area (Å²) >= 11 is 0. The Morgan fingerprint density at radius 3 is 2.13 bits per heavy atom. The maximum atomic E-state index is 14.3. The molecule has 0 aromatic heterocycles. The summed E-state index contributed by atoms with van der Waals surface area (Å²) in [5.41, 5.74) is 4.07. The first-order valence-electron chi connectivity index (χ1n) is 16.5. The van der Waals surface area contributed by atoms with E-state index < -0.39 is 47.2 Å². The minimum Gasteiger partial charge on any atom is -0.363 e. The molecule has 12 nitrogen and oxygen atoms in total. The van der Waals surface area contributed by atoms with Gasteiger partial charge >= 0.3 is 6.03 Å². The lowest BCUT2D eigenvalue weighted by molar-refractivity contribution is -0.145. The Balaban J connectivity index is 1.51. The van der Waals surface area contributed by atoms with Gasteiger partial charge in [0.05, 0.1) is 12.1 Å². The summed E-state index contributed by atoms with van der Waals surface area (Å²) in [6.45, 7) is 17.1. The molecule has 0 bridgehead atoms. The van der Waals surface area contributed by atoms with Crippen molar-refractivity contribution >= 4 is 35.4 Å². The van der Waals surface area contributed by atoms with E-state index in [1.165, 1.54) is 0 Å². The number of piperidine rings is 2. The van der Waals surface area contributed by atoms with Crippen LogP contribution >= 0.6 is 0 Å². The fourth-order valence-electron chi connectivity index (χ4n) is 7.12. The SMILES string of the molecule is CC(C)(C)C(CN1CCCCC1=O)NC(=O)N[C@H](C(=O)N1C[C@H]2[C@@H]([C@H]1C(=O)NC(CC1CC1)C(=O)C(N)=O)C2(C)C)C(C)(C)C. The van der Waals surface area contributed by atoms with Gasteiger partial charge in [0, 0.05) is 26.1 Å². The lowest BCUT2D eigenvalue weighted by Gasteiger charge is -2.40. The monoisotopic (exact) mass is 630 g/mol. The molecule has 0 aromatic rings. The third-order valence-corrected chi connectivity index (χ3v) is 10.5. The van der Waals surface area contributed by atoms with Gasteiger partial charge < -0.3 is 31.5 Å². The summed E-state index contributed by atoms with van der Waals surface area (Å²) in [5.74, 6) is -2.46. The average molecular weight is 631 g/mol. The van der Waals surface area contributed by atoms with Crippen molar-refractivity contribution in [3.8, 4) is 0 Å². The van der Waals surface area contributed by atoms with Crippen molar-refractivity contribution in [3.05, 3.63) is 0 Å². The highest BCUT2D eigenvalue weighted by Crippen LogP contribution is 2.65. The molecule has 4 rings (SSSR count). The molecule has 2 unspecified atom stereocenters. The van der Waals surface area contributed by atoms with E-state index in [4.69, 9.17) is 5.73 Å². The Morgan fingerprint density at radius 2 is 1.60 bits per heavy atom. The van der Waals surface area contributed by atoms with E-state index in [2.05, 4.69) is 29.8 Å². The van der Waals surface area contributed by atoms with Crippen LogP contribution in [0, 0.1) is 34.0 Å².